The molecule has 0 aliphatic heterocycles. The summed E-state index contributed by atoms with van der Waals surface area (Å²) >= 11 is 0. The summed E-state index contributed by atoms with van der Waals surface area (Å²) < 4.78 is 33.1. The van der Waals surface area contributed by atoms with Crippen molar-refractivity contribution in [1.82, 2.24) is 0 Å². The fourth-order valence-electron chi connectivity index (χ4n) is 3.65. The Kier molecular flexibility index (Phi) is 5.85. The van der Waals surface area contributed by atoms with Gasteiger partial charge in [0.1, 0.15) is 11.9 Å². The lowest BCUT2D eigenvalue weighted by atomic mass is 9.78. The Morgan fingerprint density at radius 1 is 1.11 bits per heavy atom. The molecule has 3 rings (SSSR count). The molecule has 140 valence electrons. The SMILES string of the molecule is CCC1CCC(c2ccc(OC(=O)c3ccc(C#N)c(F)c3)c(F)c2)CC1. The minimum absolute atomic E-state index is 0.0761. The molecular formula is C22H21F2NO2. The summed E-state index contributed by atoms with van der Waals surface area (Å²) in [5.41, 5.74) is 0.680. The molecule has 3 nitrogen and oxygen atoms in total. The summed E-state index contributed by atoms with van der Waals surface area (Å²) in [5, 5.41) is 8.73. The van der Waals surface area contributed by atoms with E-state index in [-0.39, 0.29) is 16.9 Å². The third-order valence-corrected chi connectivity index (χ3v) is 5.38. The predicted molar refractivity (Wildman–Crippen MR) is 97.5 cm³/mol. The number of rotatable bonds is 4. The third kappa shape index (κ3) is 4.33. The average molecular weight is 369 g/mol. The van der Waals surface area contributed by atoms with Crippen molar-refractivity contribution < 1.29 is 18.3 Å². The maximum atomic E-state index is 14.4. The number of carbonyl (C=O) groups is 1. The molecule has 0 spiro atoms. The Bertz CT molecular complexity index is 880. The molecule has 0 aromatic heterocycles. The van der Waals surface area contributed by atoms with Gasteiger partial charge in [0.15, 0.2) is 11.6 Å². The second-order valence-corrected chi connectivity index (χ2v) is 7.01. The Morgan fingerprint density at radius 3 is 2.44 bits per heavy atom. The zero-order valence-corrected chi connectivity index (χ0v) is 15.2. The molecule has 0 bridgehead atoms. The van der Waals surface area contributed by atoms with Crippen LogP contribution in [0.4, 0.5) is 8.78 Å². The fraction of sp³-hybridized carbons (Fsp3) is 0.364. The second kappa shape index (κ2) is 8.30. The Morgan fingerprint density at radius 2 is 1.85 bits per heavy atom. The van der Waals surface area contributed by atoms with E-state index in [1.54, 1.807) is 12.1 Å². The largest absolute Gasteiger partial charge is 0.420 e. The first-order valence-corrected chi connectivity index (χ1v) is 9.23. The number of esters is 1. The number of hydrogen-bond acceptors (Lipinski definition) is 3. The van der Waals surface area contributed by atoms with Gasteiger partial charge in [-0.2, -0.15) is 5.26 Å². The molecule has 1 fully saturated rings. The molecule has 1 saturated carbocycles. The summed E-state index contributed by atoms with van der Waals surface area (Å²) in [6.45, 7) is 2.20. The van der Waals surface area contributed by atoms with Crippen molar-refractivity contribution in [3.63, 3.8) is 0 Å². The Balaban J connectivity index is 1.70. The van der Waals surface area contributed by atoms with Crippen molar-refractivity contribution in [2.75, 3.05) is 0 Å². The topological polar surface area (TPSA) is 50.1 Å². The van der Waals surface area contributed by atoms with Gasteiger partial charge in [-0.05, 0) is 73.4 Å². The standard InChI is InChI=1S/C22H21F2NO2/c1-2-14-3-5-15(6-4-14)16-9-10-21(20(24)11-16)27-22(26)17-7-8-18(13-25)19(23)12-17/h7-12,14-15H,2-6H2,1H3. The van der Waals surface area contributed by atoms with Crippen LogP contribution in [0.5, 0.6) is 5.75 Å². The van der Waals surface area contributed by atoms with Crippen molar-refractivity contribution >= 4 is 5.97 Å². The van der Waals surface area contributed by atoms with Crippen LogP contribution >= 0.6 is 0 Å². The van der Waals surface area contributed by atoms with Crippen molar-refractivity contribution in [1.29, 1.82) is 5.26 Å². The highest BCUT2D eigenvalue weighted by atomic mass is 19.1. The quantitative estimate of drug-likeness (QED) is 0.510. The highest BCUT2D eigenvalue weighted by molar-refractivity contribution is 5.91. The van der Waals surface area contributed by atoms with E-state index in [1.807, 2.05) is 0 Å². The molecule has 0 N–H and O–H groups in total. The van der Waals surface area contributed by atoms with Gasteiger partial charge in [-0.25, -0.2) is 13.6 Å². The molecule has 2 aromatic rings. The van der Waals surface area contributed by atoms with Gasteiger partial charge in [-0.1, -0.05) is 19.4 Å². The molecule has 1 aliphatic rings. The Hall–Kier alpha value is -2.74. The molecule has 0 unspecified atom stereocenters. The van der Waals surface area contributed by atoms with Crippen molar-refractivity contribution in [3.05, 3.63) is 64.7 Å². The second-order valence-electron chi connectivity index (χ2n) is 7.01. The van der Waals surface area contributed by atoms with Gasteiger partial charge in [-0.15, -0.1) is 0 Å². The zero-order valence-electron chi connectivity index (χ0n) is 15.2. The summed E-state index contributed by atoms with van der Waals surface area (Å²) in [7, 11) is 0. The number of nitrogens with zero attached hydrogens (tertiary/aromatic N) is 1. The lowest BCUT2D eigenvalue weighted by molar-refractivity contribution is 0.0727. The predicted octanol–water partition coefficient (Wildman–Crippen LogP) is 5.74. The fourth-order valence-corrected chi connectivity index (χ4v) is 3.65. The van der Waals surface area contributed by atoms with Crippen molar-refractivity contribution in [2.45, 2.75) is 44.9 Å². The highest BCUT2D eigenvalue weighted by Gasteiger charge is 2.22. The molecule has 27 heavy (non-hydrogen) atoms. The van der Waals surface area contributed by atoms with Gasteiger partial charge in [0, 0.05) is 0 Å². The monoisotopic (exact) mass is 369 g/mol. The van der Waals surface area contributed by atoms with Crippen molar-refractivity contribution in [2.24, 2.45) is 5.92 Å². The van der Waals surface area contributed by atoms with Crippen molar-refractivity contribution in [3.8, 4) is 11.8 Å². The maximum Gasteiger partial charge on any atom is 0.343 e. The number of ether oxygens (including phenoxy) is 1. The minimum Gasteiger partial charge on any atom is -0.420 e. The number of benzene rings is 2. The molecule has 5 heteroatoms. The molecule has 1 aliphatic carbocycles. The van der Waals surface area contributed by atoms with Crippen LogP contribution < -0.4 is 4.74 Å². The summed E-state index contributed by atoms with van der Waals surface area (Å²) in [5.74, 6) is -1.37. The van der Waals surface area contributed by atoms with Crippen LogP contribution in [0, 0.1) is 28.9 Å². The van der Waals surface area contributed by atoms with Gasteiger partial charge in [0.25, 0.3) is 0 Å². The molecule has 2 aromatic carbocycles. The van der Waals surface area contributed by atoms with Crippen LogP contribution in [0.1, 0.15) is 66.4 Å². The molecule has 0 atom stereocenters. The van der Waals surface area contributed by atoms with E-state index in [0.29, 0.717) is 5.92 Å². The molecule has 0 radical (unpaired) electrons. The van der Waals surface area contributed by atoms with E-state index in [9.17, 15) is 13.6 Å². The number of halogens is 2. The van der Waals surface area contributed by atoms with Crippen LogP contribution in [0.15, 0.2) is 36.4 Å². The molecular weight excluding hydrogens is 348 g/mol. The van der Waals surface area contributed by atoms with Crippen LogP contribution in [-0.2, 0) is 0 Å². The number of hydrogen-bond donors (Lipinski definition) is 0. The van der Waals surface area contributed by atoms with E-state index >= 15 is 0 Å². The summed E-state index contributed by atoms with van der Waals surface area (Å²) in [6, 6.07) is 9.74. The van der Waals surface area contributed by atoms with Crippen LogP contribution in [0.3, 0.4) is 0 Å². The first-order chi connectivity index (χ1) is 13.0. The summed E-state index contributed by atoms with van der Waals surface area (Å²) in [4.78, 5) is 12.1. The third-order valence-electron chi connectivity index (χ3n) is 5.38. The normalized spacial score (nSPS) is 19.3. The Labute approximate surface area is 157 Å². The van der Waals surface area contributed by atoms with Gasteiger partial charge in [0.05, 0.1) is 11.1 Å². The van der Waals surface area contributed by atoms with E-state index < -0.39 is 17.6 Å². The molecule has 0 heterocycles. The highest BCUT2D eigenvalue weighted by Crippen LogP contribution is 2.38. The van der Waals surface area contributed by atoms with Crippen LogP contribution in [0.2, 0.25) is 0 Å². The molecule has 0 saturated heterocycles. The summed E-state index contributed by atoms with van der Waals surface area (Å²) in [6.07, 6.45) is 5.59. The first kappa shape index (κ1) is 19.0. The van der Waals surface area contributed by atoms with Gasteiger partial charge in [0.2, 0.25) is 0 Å². The lowest BCUT2D eigenvalue weighted by Gasteiger charge is -2.28. The number of carbonyl (C=O) groups excluding carboxylic acids is 1. The van der Waals surface area contributed by atoms with Crippen LogP contribution in [0.25, 0.3) is 0 Å². The van der Waals surface area contributed by atoms with Gasteiger partial charge >= 0.3 is 5.97 Å². The zero-order chi connectivity index (χ0) is 19.4. The van der Waals surface area contributed by atoms with Gasteiger partial charge < -0.3 is 4.74 Å². The van der Waals surface area contributed by atoms with E-state index in [1.165, 1.54) is 30.7 Å². The first-order valence-electron chi connectivity index (χ1n) is 9.23. The number of nitriles is 1. The minimum atomic E-state index is -0.867. The van der Waals surface area contributed by atoms with E-state index in [0.717, 1.165) is 43.2 Å². The maximum absolute atomic E-state index is 14.4. The lowest BCUT2D eigenvalue weighted by Crippen LogP contribution is -2.13. The molecule has 0 amide bonds. The van der Waals surface area contributed by atoms with Gasteiger partial charge in [-0.3, -0.25) is 0 Å². The van der Waals surface area contributed by atoms with E-state index in [2.05, 4.69) is 6.92 Å². The average Bonchev–Trinajstić information content (AvgIpc) is 2.69. The van der Waals surface area contributed by atoms with E-state index in [4.69, 9.17) is 10.00 Å². The van der Waals surface area contributed by atoms with Crippen LogP contribution in [-0.4, -0.2) is 5.97 Å². The smallest absolute Gasteiger partial charge is 0.343 e.